The minimum atomic E-state index is 0.00814. The van der Waals surface area contributed by atoms with Gasteiger partial charge in [0.2, 0.25) is 0 Å². The molecule has 0 aliphatic carbocycles. The molecule has 0 saturated heterocycles. The summed E-state index contributed by atoms with van der Waals surface area (Å²) in [7, 11) is 1.68. The standard InChI is InChI=1S/C8H15N3O/c1-7(9)8-3-4-11(10-8)5-6-12-2/h3-4,7H,5-6,9H2,1-2H3/t7-/m0/s1. The second kappa shape index (κ2) is 4.23. The fraction of sp³-hybridized carbons (Fsp3) is 0.625. The maximum Gasteiger partial charge on any atom is 0.0788 e. The van der Waals surface area contributed by atoms with Crippen molar-refractivity contribution in [2.45, 2.75) is 19.5 Å². The van der Waals surface area contributed by atoms with E-state index >= 15 is 0 Å². The smallest absolute Gasteiger partial charge is 0.0788 e. The highest BCUT2D eigenvalue weighted by atomic mass is 16.5. The van der Waals surface area contributed by atoms with Crippen LogP contribution in [-0.4, -0.2) is 23.5 Å². The molecule has 0 aliphatic heterocycles. The molecule has 0 unspecified atom stereocenters. The number of aromatic nitrogens is 2. The van der Waals surface area contributed by atoms with Gasteiger partial charge in [-0.05, 0) is 13.0 Å². The van der Waals surface area contributed by atoms with E-state index in [1.807, 2.05) is 23.9 Å². The summed E-state index contributed by atoms with van der Waals surface area (Å²) in [5.74, 6) is 0. The van der Waals surface area contributed by atoms with Crippen molar-refractivity contribution in [2.75, 3.05) is 13.7 Å². The summed E-state index contributed by atoms with van der Waals surface area (Å²) < 4.78 is 6.76. The fourth-order valence-corrected chi connectivity index (χ4v) is 0.930. The zero-order valence-electron chi connectivity index (χ0n) is 7.53. The van der Waals surface area contributed by atoms with E-state index in [9.17, 15) is 0 Å². The molecular formula is C8H15N3O. The predicted molar refractivity (Wildman–Crippen MR) is 46.7 cm³/mol. The van der Waals surface area contributed by atoms with Gasteiger partial charge in [-0.2, -0.15) is 5.10 Å². The van der Waals surface area contributed by atoms with Crippen LogP contribution in [0.5, 0.6) is 0 Å². The zero-order valence-corrected chi connectivity index (χ0v) is 7.53. The van der Waals surface area contributed by atoms with Crippen LogP contribution in [-0.2, 0) is 11.3 Å². The van der Waals surface area contributed by atoms with Crippen LogP contribution in [0.2, 0.25) is 0 Å². The normalized spacial score (nSPS) is 13.2. The summed E-state index contributed by atoms with van der Waals surface area (Å²) in [5.41, 5.74) is 6.57. The molecule has 0 aromatic carbocycles. The molecule has 0 radical (unpaired) electrons. The molecule has 0 spiro atoms. The molecular weight excluding hydrogens is 154 g/mol. The van der Waals surface area contributed by atoms with E-state index < -0.39 is 0 Å². The minimum absolute atomic E-state index is 0.00814. The lowest BCUT2D eigenvalue weighted by Gasteiger charge is -2.00. The highest BCUT2D eigenvalue weighted by molar-refractivity contribution is 5.02. The Morgan fingerprint density at radius 3 is 3.00 bits per heavy atom. The number of hydrogen-bond acceptors (Lipinski definition) is 3. The number of nitrogens with zero attached hydrogens (tertiary/aromatic N) is 2. The second-order valence-electron chi connectivity index (χ2n) is 2.79. The molecule has 1 rings (SSSR count). The van der Waals surface area contributed by atoms with Crippen LogP contribution in [0.25, 0.3) is 0 Å². The van der Waals surface area contributed by atoms with Gasteiger partial charge < -0.3 is 10.5 Å². The molecule has 0 aliphatic rings. The first kappa shape index (κ1) is 9.22. The Hall–Kier alpha value is -0.870. The van der Waals surface area contributed by atoms with E-state index in [0.717, 1.165) is 12.2 Å². The summed E-state index contributed by atoms with van der Waals surface area (Å²) in [5, 5.41) is 4.26. The second-order valence-corrected chi connectivity index (χ2v) is 2.79. The van der Waals surface area contributed by atoms with Gasteiger partial charge in [0, 0.05) is 19.3 Å². The number of hydrogen-bond donors (Lipinski definition) is 1. The van der Waals surface area contributed by atoms with Gasteiger partial charge in [-0.1, -0.05) is 0 Å². The Morgan fingerprint density at radius 1 is 1.75 bits per heavy atom. The SMILES string of the molecule is COCCn1ccc([C@H](C)N)n1. The van der Waals surface area contributed by atoms with Crippen LogP contribution < -0.4 is 5.73 Å². The van der Waals surface area contributed by atoms with Gasteiger partial charge in [-0.25, -0.2) is 0 Å². The van der Waals surface area contributed by atoms with E-state index in [1.54, 1.807) is 7.11 Å². The van der Waals surface area contributed by atoms with E-state index in [-0.39, 0.29) is 6.04 Å². The lowest BCUT2D eigenvalue weighted by atomic mass is 10.3. The third-order valence-corrected chi connectivity index (χ3v) is 1.65. The van der Waals surface area contributed by atoms with Crippen molar-refractivity contribution in [1.29, 1.82) is 0 Å². The molecule has 0 amide bonds. The van der Waals surface area contributed by atoms with Crippen molar-refractivity contribution >= 4 is 0 Å². The van der Waals surface area contributed by atoms with Crippen molar-refractivity contribution in [1.82, 2.24) is 9.78 Å². The highest BCUT2D eigenvalue weighted by Gasteiger charge is 2.02. The van der Waals surface area contributed by atoms with Crippen molar-refractivity contribution in [3.05, 3.63) is 18.0 Å². The average Bonchev–Trinajstić information content (AvgIpc) is 2.48. The number of rotatable bonds is 4. The van der Waals surface area contributed by atoms with Gasteiger partial charge in [0.25, 0.3) is 0 Å². The Morgan fingerprint density at radius 2 is 2.50 bits per heavy atom. The third-order valence-electron chi connectivity index (χ3n) is 1.65. The molecule has 4 heteroatoms. The van der Waals surface area contributed by atoms with Crippen molar-refractivity contribution in [3.8, 4) is 0 Å². The monoisotopic (exact) mass is 169 g/mol. The molecule has 1 aromatic rings. The van der Waals surface area contributed by atoms with Crippen LogP contribution in [0, 0.1) is 0 Å². The van der Waals surface area contributed by atoms with Crippen molar-refractivity contribution in [2.24, 2.45) is 5.73 Å². The van der Waals surface area contributed by atoms with Gasteiger partial charge in [-0.3, -0.25) is 4.68 Å². The van der Waals surface area contributed by atoms with Crippen LogP contribution in [0.3, 0.4) is 0 Å². The summed E-state index contributed by atoms with van der Waals surface area (Å²) in [6.07, 6.45) is 1.91. The Balaban J connectivity index is 2.52. The zero-order chi connectivity index (χ0) is 8.97. The highest BCUT2D eigenvalue weighted by Crippen LogP contribution is 2.04. The van der Waals surface area contributed by atoms with E-state index in [4.69, 9.17) is 10.5 Å². The fourth-order valence-electron chi connectivity index (χ4n) is 0.930. The summed E-state index contributed by atoms with van der Waals surface area (Å²) in [6, 6.07) is 1.94. The molecule has 12 heavy (non-hydrogen) atoms. The van der Waals surface area contributed by atoms with Crippen molar-refractivity contribution < 1.29 is 4.74 Å². The molecule has 4 nitrogen and oxygen atoms in total. The van der Waals surface area contributed by atoms with Gasteiger partial charge in [0.1, 0.15) is 0 Å². The van der Waals surface area contributed by atoms with Gasteiger partial charge in [-0.15, -0.1) is 0 Å². The van der Waals surface area contributed by atoms with Crippen molar-refractivity contribution in [3.63, 3.8) is 0 Å². The predicted octanol–water partition coefficient (Wildman–Crippen LogP) is 0.549. The summed E-state index contributed by atoms with van der Waals surface area (Å²) in [6.45, 7) is 3.38. The third kappa shape index (κ3) is 2.32. The maximum absolute atomic E-state index is 5.65. The lowest BCUT2D eigenvalue weighted by Crippen LogP contribution is -2.09. The summed E-state index contributed by atoms with van der Waals surface area (Å²) in [4.78, 5) is 0. The Labute approximate surface area is 72.3 Å². The van der Waals surface area contributed by atoms with Gasteiger partial charge in [0.15, 0.2) is 0 Å². The van der Waals surface area contributed by atoms with Gasteiger partial charge >= 0.3 is 0 Å². The number of ether oxygens (including phenoxy) is 1. The van der Waals surface area contributed by atoms with Crippen LogP contribution in [0.1, 0.15) is 18.7 Å². The Kier molecular flexibility index (Phi) is 3.25. The molecule has 2 N–H and O–H groups in total. The van der Waals surface area contributed by atoms with Gasteiger partial charge in [0.05, 0.1) is 18.8 Å². The molecule has 1 atom stereocenters. The van der Waals surface area contributed by atoms with E-state index in [1.165, 1.54) is 0 Å². The first-order valence-electron chi connectivity index (χ1n) is 4.02. The minimum Gasteiger partial charge on any atom is -0.383 e. The summed E-state index contributed by atoms with van der Waals surface area (Å²) >= 11 is 0. The largest absolute Gasteiger partial charge is 0.383 e. The molecule has 0 fully saturated rings. The molecule has 1 heterocycles. The van der Waals surface area contributed by atoms with Crippen LogP contribution >= 0.6 is 0 Å². The maximum atomic E-state index is 5.65. The molecule has 0 saturated carbocycles. The van der Waals surface area contributed by atoms with E-state index in [2.05, 4.69) is 5.10 Å². The topological polar surface area (TPSA) is 53.1 Å². The molecule has 0 bridgehead atoms. The number of nitrogens with two attached hydrogens (primary N) is 1. The first-order valence-corrected chi connectivity index (χ1v) is 4.02. The molecule has 1 aromatic heterocycles. The molecule has 68 valence electrons. The average molecular weight is 169 g/mol. The quantitative estimate of drug-likeness (QED) is 0.716. The number of methoxy groups -OCH3 is 1. The van der Waals surface area contributed by atoms with Crippen LogP contribution in [0.15, 0.2) is 12.3 Å². The van der Waals surface area contributed by atoms with Crippen LogP contribution in [0.4, 0.5) is 0 Å². The van der Waals surface area contributed by atoms with E-state index in [0.29, 0.717) is 6.61 Å². The first-order chi connectivity index (χ1) is 5.74. The lowest BCUT2D eigenvalue weighted by molar-refractivity contribution is 0.183. The Bertz CT molecular complexity index is 232.